The second kappa shape index (κ2) is 5.29. The zero-order valence-corrected chi connectivity index (χ0v) is 11.1. The van der Waals surface area contributed by atoms with Crippen LogP contribution < -0.4 is 5.73 Å². The van der Waals surface area contributed by atoms with Gasteiger partial charge in [0.2, 0.25) is 0 Å². The first-order valence-electron chi connectivity index (χ1n) is 4.77. The number of hydrogen-bond acceptors (Lipinski definition) is 5. The molecule has 0 spiro atoms. The predicted molar refractivity (Wildman–Crippen MR) is 69.8 cm³/mol. The Hall–Kier alpha value is -1.40. The number of nitrogens with zero attached hydrogens (tertiary/aromatic N) is 1. The van der Waals surface area contributed by atoms with E-state index in [2.05, 4.69) is 20.9 Å². The van der Waals surface area contributed by atoms with E-state index < -0.39 is 5.97 Å². The Labute approximate surface area is 111 Å². The smallest absolute Gasteiger partial charge is 0.357 e. The first-order valence-corrected chi connectivity index (χ1v) is 6.44. The van der Waals surface area contributed by atoms with E-state index in [9.17, 15) is 4.79 Å². The Morgan fingerprint density at radius 2 is 2.29 bits per heavy atom. The molecule has 0 bridgehead atoms. The van der Waals surface area contributed by atoms with Gasteiger partial charge >= 0.3 is 5.97 Å². The van der Waals surface area contributed by atoms with Gasteiger partial charge in [0.15, 0.2) is 0 Å². The minimum atomic E-state index is -0.453. The normalized spacial score (nSPS) is 10.2. The number of thiophene rings is 1. The fourth-order valence-corrected chi connectivity index (χ4v) is 2.54. The lowest BCUT2D eigenvalue weighted by atomic mass is 10.3. The maximum atomic E-state index is 11.6. The summed E-state index contributed by atoms with van der Waals surface area (Å²) in [5.74, 6) is -0.453. The first kappa shape index (κ1) is 12.1. The van der Waals surface area contributed by atoms with Crippen molar-refractivity contribution in [3.63, 3.8) is 0 Å². The predicted octanol–water partition coefficient (Wildman–Crippen LogP) is 2.84. The number of halogens is 1. The van der Waals surface area contributed by atoms with Gasteiger partial charge in [-0.3, -0.25) is 0 Å². The minimum Gasteiger partial charge on any atom is -0.455 e. The van der Waals surface area contributed by atoms with Gasteiger partial charge in [0.25, 0.3) is 0 Å². The highest BCUT2D eigenvalue weighted by Gasteiger charge is 2.10. The lowest BCUT2D eigenvalue weighted by Gasteiger charge is -2.03. The van der Waals surface area contributed by atoms with Gasteiger partial charge in [0, 0.05) is 4.47 Å². The Morgan fingerprint density at radius 1 is 1.47 bits per heavy atom. The van der Waals surface area contributed by atoms with Crippen molar-refractivity contribution in [1.82, 2.24) is 4.98 Å². The van der Waals surface area contributed by atoms with E-state index >= 15 is 0 Å². The van der Waals surface area contributed by atoms with Crippen molar-refractivity contribution in [2.75, 3.05) is 5.73 Å². The molecular weight excluding hydrogens is 304 g/mol. The number of rotatable bonds is 3. The molecule has 6 heteroatoms. The number of nitrogen functional groups attached to an aromatic ring is 1. The zero-order valence-electron chi connectivity index (χ0n) is 8.72. The summed E-state index contributed by atoms with van der Waals surface area (Å²) in [6.07, 6.45) is 1.43. The topological polar surface area (TPSA) is 65.2 Å². The van der Waals surface area contributed by atoms with Crippen LogP contribution in [0.25, 0.3) is 0 Å². The van der Waals surface area contributed by atoms with Crippen molar-refractivity contribution in [2.45, 2.75) is 6.61 Å². The average molecular weight is 313 g/mol. The molecular formula is C11H9BrN2O2S. The van der Waals surface area contributed by atoms with Crippen LogP contribution in [0.2, 0.25) is 0 Å². The fraction of sp³-hybridized carbons (Fsp3) is 0.0909. The van der Waals surface area contributed by atoms with Crippen LogP contribution in [0.5, 0.6) is 0 Å². The van der Waals surface area contributed by atoms with Crippen LogP contribution in [0.1, 0.15) is 15.4 Å². The highest BCUT2D eigenvalue weighted by atomic mass is 79.9. The number of carbonyl (C=O) groups excluding carboxylic acids is 1. The molecule has 0 unspecified atom stereocenters. The highest BCUT2D eigenvalue weighted by Crippen LogP contribution is 2.23. The van der Waals surface area contributed by atoms with Gasteiger partial charge < -0.3 is 10.5 Å². The lowest BCUT2D eigenvalue weighted by Crippen LogP contribution is -2.07. The molecule has 0 aliphatic carbocycles. The molecule has 2 heterocycles. The van der Waals surface area contributed by atoms with Gasteiger partial charge in [0.05, 0.1) is 16.8 Å². The molecule has 0 radical (unpaired) electrons. The first-order chi connectivity index (χ1) is 8.16. The van der Waals surface area contributed by atoms with Crippen molar-refractivity contribution in [3.05, 3.63) is 44.8 Å². The van der Waals surface area contributed by atoms with Crippen molar-refractivity contribution in [2.24, 2.45) is 0 Å². The Kier molecular flexibility index (Phi) is 3.75. The third-order valence-corrected chi connectivity index (χ3v) is 3.92. The van der Waals surface area contributed by atoms with Crippen LogP contribution in [-0.4, -0.2) is 11.0 Å². The summed E-state index contributed by atoms with van der Waals surface area (Å²) >= 11 is 4.89. The van der Waals surface area contributed by atoms with E-state index in [1.54, 1.807) is 12.1 Å². The van der Waals surface area contributed by atoms with E-state index in [0.717, 1.165) is 9.35 Å². The summed E-state index contributed by atoms with van der Waals surface area (Å²) in [7, 11) is 0. The minimum absolute atomic E-state index is 0.239. The number of aromatic nitrogens is 1. The molecule has 0 amide bonds. The van der Waals surface area contributed by atoms with Crippen molar-refractivity contribution in [1.29, 1.82) is 0 Å². The molecule has 2 aromatic heterocycles. The second-order valence-electron chi connectivity index (χ2n) is 3.24. The van der Waals surface area contributed by atoms with Gasteiger partial charge in [-0.05, 0) is 39.5 Å². The summed E-state index contributed by atoms with van der Waals surface area (Å²) in [5, 5.41) is 1.93. The van der Waals surface area contributed by atoms with E-state index in [4.69, 9.17) is 10.5 Å². The van der Waals surface area contributed by atoms with Crippen LogP contribution >= 0.6 is 27.3 Å². The van der Waals surface area contributed by atoms with Crippen LogP contribution in [0.4, 0.5) is 5.69 Å². The largest absolute Gasteiger partial charge is 0.455 e. The maximum Gasteiger partial charge on any atom is 0.357 e. The molecule has 0 fully saturated rings. The SMILES string of the molecule is Nc1ccc(C(=O)OCc2sccc2Br)nc1. The summed E-state index contributed by atoms with van der Waals surface area (Å²) in [6, 6.07) is 5.07. The van der Waals surface area contributed by atoms with Gasteiger partial charge in [-0.25, -0.2) is 9.78 Å². The molecule has 4 nitrogen and oxygen atoms in total. The molecule has 0 aromatic carbocycles. The fourth-order valence-electron chi connectivity index (χ4n) is 1.16. The number of anilines is 1. The van der Waals surface area contributed by atoms with Gasteiger partial charge in [-0.1, -0.05) is 0 Å². The van der Waals surface area contributed by atoms with Crippen molar-refractivity contribution in [3.8, 4) is 0 Å². The molecule has 17 heavy (non-hydrogen) atoms. The Balaban J connectivity index is 1.98. The number of esters is 1. The summed E-state index contributed by atoms with van der Waals surface area (Å²) < 4.78 is 6.08. The van der Waals surface area contributed by atoms with E-state index in [-0.39, 0.29) is 12.3 Å². The molecule has 2 aromatic rings. The number of ether oxygens (including phenoxy) is 1. The highest BCUT2D eigenvalue weighted by molar-refractivity contribution is 9.10. The van der Waals surface area contributed by atoms with E-state index in [0.29, 0.717) is 5.69 Å². The van der Waals surface area contributed by atoms with E-state index in [1.807, 2.05) is 11.4 Å². The average Bonchev–Trinajstić information content (AvgIpc) is 2.73. The number of hydrogen-bond donors (Lipinski definition) is 1. The molecule has 0 saturated carbocycles. The summed E-state index contributed by atoms with van der Waals surface area (Å²) in [4.78, 5) is 16.5. The molecule has 88 valence electrons. The third-order valence-electron chi connectivity index (χ3n) is 2.02. The molecule has 0 saturated heterocycles. The molecule has 2 N–H and O–H groups in total. The van der Waals surface area contributed by atoms with Crippen LogP contribution in [-0.2, 0) is 11.3 Å². The van der Waals surface area contributed by atoms with Gasteiger partial charge in [0.1, 0.15) is 12.3 Å². The number of nitrogens with two attached hydrogens (primary N) is 1. The van der Waals surface area contributed by atoms with Crippen LogP contribution in [0, 0.1) is 0 Å². The number of pyridine rings is 1. The van der Waals surface area contributed by atoms with E-state index in [1.165, 1.54) is 17.5 Å². The summed E-state index contributed by atoms with van der Waals surface area (Å²) in [5.41, 5.74) is 6.25. The quantitative estimate of drug-likeness (QED) is 0.885. The van der Waals surface area contributed by atoms with Crippen molar-refractivity contribution >= 4 is 38.9 Å². The standard InChI is InChI=1S/C11H9BrN2O2S/c12-8-3-4-17-10(8)6-16-11(15)9-2-1-7(13)5-14-9/h1-5H,6,13H2. The van der Waals surface area contributed by atoms with Gasteiger partial charge in [-0.2, -0.15) is 0 Å². The lowest BCUT2D eigenvalue weighted by molar-refractivity contribution is 0.0469. The maximum absolute atomic E-state index is 11.6. The molecule has 2 rings (SSSR count). The molecule has 0 aliphatic rings. The molecule has 0 atom stereocenters. The molecule has 0 aliphatic heterocycles. The van der Waals surface area contributed by atoms with Crippen molar-refractivity contribution < 1.29 is 9.53 Å². The third kappa shape index (κ3) is 3.04. The second-order valence-corrected chi connectivity index (χ2v) is 5.10. The number of carbonyl (C=O) groups is 1. The monoisotopic (exact) mass is 312 g/mol. The Bertz CT molecular complexity index is 525. The zero-order chi connectivity index (χ0) is 12.3. The Morgan fingerprint density at radius 3 is 2.88 bits per heavy atom. The van der Waals surface area contributed by atoms with Gasteiger partial charge in [-0.15, -0.1) is 11.3 Å². The summed E-state index contributed by atoms with van der Waals surface area (Å²) in [6.45, 7) is 0.239. The van der Waals surface area contributed by atoms with Crippen LogP contribution in [0.15, 0.2) is 34.2 Å². The van der Waals surface area contributed by atoms with Crippen LogP contribution in [0.3, 0.4) is 0 Å².